The number of benzene rings is 1. The van der Waals surface area contributed by atoms with Gasteiger partial charge in [-0.1, -0.05) is 6.07 Å². The van der Waals surface area contributed by atoms with Crippen LogP contribution in [0.4, 0.5) is 4.39 Å². The molecule has 0 unspecified atom stereocenters. The Morgan fingerprint density at radius 1 is 1.39 bits per heavy atom. The van der Waals surface area contributed by atoms with Crippen molar-refractivity contribution in [3.63, 3.8) is 0 Å². The van der Waals surface area contributed by atoms with Gasteiger partial charge in [-0.15, -0.1) is 0 Å². The highest BCUT2D eigenvalue weighted by Crippen LogP contribution is 2.17. The maximum absolute atomic E-state index is 13.1. The number of hydrogen-bond acceptors (Lipinski definition) is 3. The predicted octanol–water partition coefficient (Wildman–Crippen LogP) is 1.03. The van der Waals surface area contributed by atoms with Gasteiger partial charge in [0.05, 0.1) is 18.8 Å². The van der Waals surface area contributed by atoms with Crippen LogP contribution in [0.25, 0.3) is 0 Å². The Labute approximate surface area is 106 Å². The molecule has 1 aromatic carbocycles. The Morgan fingerprint density at radius 3 is 2.56 bits per heavy atom. The number of hydrogen-bond donors (Lipinski definition) is 2. The average molecular weight is 255 g/mol. The molecule has 0 heterocycles. The second-order valence-electron chi connectivity index (χ2n) is 4.66. The van der Waals surface area contributed by atoms with E-state index in [1.807, 2.05) is 0 Å². The molecule has 0 bridgehead atoms. The van der Waals surface area contributed by atoms with E-state index in [1.54, 1.807) is 13.8 Å². The summed E-state index contributed by atoms with van der Waals surface area (Å²) in [6.45, 7) is 2.99. The lowest BCUT2D eigenvalue weighted by molar-refractivity contribution is 0.0307. The Hall–Kier alpha value is -1.46. The van der Waals surface area contributed by atoms with Gasteiger partial charge >= 0.3 is 0 Å². The van der Waals surface area contributed by atoms with Crippen LogP contribution in [-0.2, 0) is 0 Å². The summed E-state index contributed by atoms with van der Waals surface area (Å²) in [7, 11) is 0. The Balaban J connectivity index is 3.03. The second kappa shape index (κ2) is 5.93. The van der Waals surface area contributed by atoms with Crippen molar-refractivity contribution in [2.24, 2.45) is 0 Å². The van der Waals surface area contributed by atoms with Crippen molar-refractivity contribution in [1.82, 2.24) is 4.90 Å². The number of amides is 1. The molecule has 2 N–H and O–H groups in total. The summed E-state index contributed by atoms with van der Waals surface area (Å²) in [5.41, 5.74) is -0.614. The van der Waals surface area contributed by atoms with Gasteiger partial charge in [0, 0.05) is 12.1 Å². The molecule has 18 heavy (non-hydrogen) atoms. The standard InChI is InChI=1S/C13H18FNO3/c1-13(2,9-17)15(6-7-16)12(18)10-4-3-5-11(14)8-10/h3-5,8,16-17H,6-7,9H2,1-2H3. The van der Waals surface area contributed by atoms with Gasteiger partial charge in [0.1, 0.15) is 5.82 Å². The summed E-state index contributed by atoms with van der Waals surface area (Å²) < 4.78 is 13.1. The molecule has 5 heteroatoms. The Morgan fingerprint density at radius 2 is 2.06 bits per heavy atom. The van der Waals surface area contributed by atoms with Crippen molar-refractivity contribution in [3.05, 3.63) is 35.6 Å². The van der Waals surface area contributed by atoms with E-state index >= 15 is 0 Å². The molecule has 0 fully saturated rings. The zero-order valence-electron chi connectivity index (χ0n) is 10.6. The second-order valence-corrected chi connectivity index (χ2v) is 4.66. The first-order valence-corrected chi connectivity index (χ1v) is 5.71. The van der Waals surface area contributed by atoms with Crippen LogP contribution in [0.3, 0.4) is 0 Å². The van der Waals surface area contributed by atoms with Crippen LogP contribution < -0.4 is 0 Å². The fourth-order valence-electron chi connectivity index (χ4n) is 1.64. The quantitative estimate of drug-likeness (QED) is 0.826. The zero-order chi connectivity index (χ0) is 13.8. The van der Waals surface area contributed by atoms with Gasteiger partial charge in [-0.05, 0) is 32.0 Å². The minimum absolute atomic E-state index is 0.0862. The third kappa shape index (κ3) is 3.27. The number of β-amino-alcohol motifs (C(OH)–C–C–N with tert-alkyl or cyclic N) is 1. The van der Waals surface area contributed by atoms with Crippen molar-refractivity contribution in [3.8, 4) is 0 Å². The summed E-state index contributed by atoms with van der Waals surface area (Å²) in [4.78, 5) is 13.6. The molecule has 0 aliphatic heterocycles. The maximum atomic E-state index is 13.1. The highest BCUT2D eigenvalue weighted by molar-refractivity contribution is 5.94. The monoisotopic (exact) mass is 255 g/mol. The fourth-order valence-corrected chi connectivity index (χ4v) is 1.64. The molecule has 0 atom stereocenters. The Bertz CT molecular complexity index is 420. The van der Waals surface area contributed by atoms with E-state index in [1.165, 1.54) is 23.1 Å². The molecular formula is C13H18FNO3. The van der Waals surface area contributed by atoms with E-state index in [0.29, 0.717) is 0 Å². The molecule has 1 aromatic rings. The molecule has 1 rings (SSSR count). The van der Waals surface area contributed by atoms with E-state index in [2.05, 4.69) is 0 Å². The molecule has 0 saturated carbocycles. The largest absolute Gasteiger partial charge is 0.395 e. The maximum Gasteiger partial charge on any atom is 0.254 e. The molecule has 0 radical (unpaired) electrons. The summed E-state index contributed by atoms with van der Waals surface area (Å²) in [6, 6.07) is 5.35. The topological polar surface area (TPSA) is 60.8 Å². The van der Waals surface area contributed by atoms with E-state index in [4.69, 9.17) is 5.11 Å². The summed E-state index contributed by atoms with van der Waals surface area (Å²) in [5, 5.41) is 18.3. The van der Waals surface area contributed by atoms with Gasteiger partial charge in [0.25, 0.3) is 5.91 Å². The normalized spacial score (nSPS) is 11.4. The lowest BCUT2D eigenvalue weighted by Gasteiger charge is -2.37. The van der Waals surface area contributed by atoms with Crippen LogP contribution in [0, 0.1) is 5.82 Å². The summed E-state index contributed by atoms with van der Waals surface area (Å²) in [5.74, 6) is -0.908. The van der Waals surface area contributed by atoms with Crippen LogP contribution in [0.2, 0.25) is 0 Å². The van der Waals surface area contributed by atoms with Gasteiger partial charge in [0.2, 0.25) is 0 Å². The summed E-state index contributed by atoms with van der Waals surface area (Å²) >= 11 is 0. The van der Waals surface area contributed by atoms with Crippen LogP contribution >= 0.6 is 0 Å². The molecule has 4 nitrogen and oxygen atoms in total. The Kier molecular flexibility index (Phi) is 4.81. The highest BCUT2D eigenvalue weighted by Gasteiger charge is 2.30. The molecule has 0 spiro atoms. The van der Waals surface area contributed by atoms with Crippen LogP contribution in [0.15, 0.2) is 24.3 Å². The molecule has 0 saturated heterocycles. The van der Waals surface area contributed by atoms with Crippen LogP contribution in [0.5, 0.6) is 0 Å². The van der Waals surface area contributed by atoms with Crippen LogP contribution in [0.1, 0.15) is 24.2 Å². The first-order chi connectivity index (χ1) is 8.42. The van der Waals surface area contributed by atoms with Crippen molar-refractivity contribution in [2.75, 3.05) is 19.8 Å². The fraction of sp³-hybridized carbons (Fsp3) is 0.462. The SMILES string of the molecule is CC(C)(CO)N(CCO)C(=O)c1cccc(F)c1. The van der Waals surface area contributed by atoms with Crippen molar-refractivity contribution in [1.29, 1.82) is 0 Å². The van der Waals surface area contributed by atoms with Crippen molar-refractivity contribution >= 4 is 5.91 Å². The van der Waals surface area contributed by atoms with Crippen molar-refractivity contribution < 1.29 is 19.4 Å². The lowest BCUT2D eigenvalue weighted by atomic mass is 10.0. The first-order valence-electron chi connectivity index (χ1n) is 5.71. The number of halogens is 1. The molecule has 0 aliphatic rings. The molecule has 0 aromatic heterocycles. The van der Waals surface area contributed by atoms with Gasteiger partial charge in [-0.3, -0.25) is 4.79 Å². The number of carbonyl (C=O) groups is 1. The van der Waals surface area contributed by atoms with E-state index in [9.17, 15) is 14.3 Å². The minimum atomic E-state index is -0.813. The summed E-state index contributed by atoms with van der Waals surface area (Å²) in [6.07, 6.45) is 0. The smallest absolute Gasteiger partial charge is 0.254 e. The number of aliphatic hydroxyl groups excluding tert-OH is 2. The molecule has 1 amide bonds. The third-order valence-corrected chi connectivity index (χ3v) is 2.76. The number of aliphatic hydroxyl groups is 2. The zero-order valence-corrected chi connectivity index (χ0v) is 10.6. The van der Waals surface area contributed by atoms with Gasteiger partial charge in [0.15, 0.2) is 0 Å². The van der Waals surface area contributed by atoms with Gasteiger partial charge in [-0.25, -0.2) is 4.39 Å². The predicted molar refractivity (Wildman–Crippen MR) is 65.7 cm³/mol. The van der Waals surface area contributed by atoms with Gasteiger partial charge < -0.3 is 15.1 Å². The highest BCUT2D eigenvalue weighted by atomic mass is 19.1. The average Bonchev–Trinajstić information content (AvgIpc) is 2.35. The van der Waals surface area contributed by atoms with E-state index < -0.39 is 17.3 Å². The van der Waals surface area contributed by atoms with Gasteiger partial charge in [-0.2, -0.15) is 0 Å². The number of nitrogens with zero attached hydrogens (tertiary/aromatic N) is 1. The molecule has 100 valence electrons. The first kappa shape index (κ1) is 14.6. The van der Waals surface area contributed by atoms with Crippen LogP contribution in [-0.4, -0.2) is 46.3 Å². The van der Waals surface area contributed by atoms with E-state index in [0.717, 1.165) is 6.07 Å². The number of rotatable bonds is 5. The third-order valence-electron chi connectivity index (χ3n) is 2.76. The minimum Gasteiger partial charge on any atom is -0.395 e. The van der Waals surface area contributed by atoms with Crippen molar-refractivity contribution in [2.45, 2.75) is 19.4 Å². The van der Waals surface area contributed by atoms with E-state index in [-0.39, 0.29) is 25.3 Å². The molecule has 0 aliphatic carbocycles. The number of carbonyl (C=O) groups excluding carboxylic acids is 1. The molecular weight excluding hydrogens is 237 g/mol. The lowest BCUT2D eigenvalue weighted by Crippen LogP contribution is -2.51.